The molecule has 0 bridgehead atoms. The molecule has 0 radical (unpaired) electrons. The van der Waals surface area contributed by atoms with E-state index in [0.29, 0.717) is 17.9 Å². The quantitative estimate of drug-likeness (QED) is 0.359. The lowest BCUT2D eigenvalue weighted by molar-refractivity contribution is 0.0975. The summed E-state index contributed by atoms with van der Waals surface area (Å²) >= 11 is 0. The summed E-state index contributed by atoms with van der Waals surface area (Å²) in [5, 5.41) is 6.02. The minimum atomic E-state index is -0.404. The Morgan fingerprint density at radius 3 is 2.03 bits per heavy atom. The molecule has 2 unspecified atom stereocenters. The third-order valence-electron chi connectivity index (χ3n) is 4.63. The van der Waals surface area contributed by atoms with E-state index in [2.05, 4.69) is 17.2 Å². The zero-order valence-corrected chi connectivity index (χ0v) is 18.8. The third kappa shape index (κ3) is 7.96. The van der Waals surface area contributed by atoms with Gasteiger partial charge in [-0.05, 0) is 83.0 Å². The topological polar surface area (TPSA) is 53.5 Å². The van der Waals surface area contributed by atoms with Gasteiger partial charge in [0.15, 0.2) is 5.96 Å². The van der Waals surface area contributed by atoms with Gasteiger partial charge in [-0.2, -0.15) is 0 Å². The molecule has 2 N–H and O–H groups in total. The van der Waals surface area contributed by atoms with Crippen LogP contribution in [0.1, 0.15) is 62.9 Å². The fourth-order valence-corrected chi connectivity index (χ4v) is 3.16. The second kappa shape index (κ2) is 10.3. The van der Waals surface area contributed by atoms with E-state index < -0.39 is 5.82 Å². The Morgan fingerprint density at radius 2 is 1.55 bits per heavy atom. The van der Waals surface area contributed by atoms with Gasteiger partial charge in [0.1, 0.15) is 11.6 Å². The van der Waals surface area contributed by atoms with Crippen molar-refractivity contribution in [1.82, 2.24) is 10.6 Å². The molecule has 166 valence electrons. The van der Waals surface area contributed by atoms with Crippen LogP contribution in [0.15, 0.2) is 65.7 Å². The number of nitrogens with zero attached hydrogens (tertiary/aromatic N) is 1. The molecule has 0 aliphatic carbocycles. The number of amides is 1. The van der Waals surface area contributed by atoms with Crippen molar-refractivity contribution in [3.05, 3.63) is 83.4 Å². The molecule has 6 heteroatoms. The number of guanidine groups is 1. The summed E-state index contributed by atoms with van der Waals surface area (Å²) < 4.78 is 26.5. The first kappa shape index (κ1) is 24.3. The van der Waals surface area contributed by atoms with Gasteiger partial charge in [-0.25, -0.2) is 13.8 Å². The maximum atomic E-state index is 13.3. The number of allylic oxidation sites excluding steroid dienone is 1. The summed E-state index contributed by atoms with van der Waals surface area (Å²) in [4.78, 5) is 17.3. The summed E-state index contributed by atoms with van der Waals surface area (Å²) in [6.45, 7) is 13.9. The van der Waals surface area contributed by atoms with E-state index in [9.17, 15) is 13.6 Å². The van der Waals surface area contributed by atoms with Crippen LogP contribution in [-0.4, -0.2) is 23.4 Å². The molecule has 0 aliphatic heterocycles. The number of hydrogen-bond donors (Lipinski definition) is 2. The van der Waals surface area contributed by atoms with Crippen LogP contribution < -0.4 is 10.6 Å². The molecule has 2 rings (SSSR count). The molecule has 2 aromatic carbocycles. The van der Waals surface area contributed by atoms with Gasteiger partial charge < -0.3 is 5.32 Å². The molecule has 0 heterocycles. The number of carbonyl (C=O) groups is 1. The highest BCUT2D eigenvalue weighted by atomic mass is 19.1. The molecule has 31 heavy (non-hydrogen) atoms. The van der Waals surface area contributed by atoms with Crippen molar-refractivity contribution in [2.45, 2.75) is 58.5 Å². The molecular weight excluding hydrogens is 396 g/mol. The average molecular weight is 428 g/mol. The van der Waals surface area contributed by atoms with Crippen molar-refractivity contribution < 1.29 is 13.6 Å². The number of aliphatic imine (C=N–C) groups is 1. The largest absolute Gasteiger partial charge is 0.351 e. The highest BCUT2D eigenvalue weighted by Crippen LogP contribution is 2.29. The first-order valence-corrected chi connectivity index (χ1v) is 10.3. The Morgan fingerprint density at radius 1 is 1.03 bits per heavy atom. The van der Waals surface area contributed by atoms with Crippen LogP contribution in [0.4, 0.5) is 8.78 Å². The molecular formula is C25H31F2N3O. The van der Waals surface area contributed by atoms with Crippen molar-refractivity contribution >= 4 is 11.9 Å². The highest BCUT2D eigenvalue weighted by Gasteiger charge is 2.20. The standard InChI is InChI=1S/C25H31F2N3O/c1-16(2)22(18-7-11-20(26)12-8-18)15-17(3)28-24(30-25(4,5)6)29-23(31)19-9-13-21(27)14-10-19/h7-14,17,22H,1,15H2,2-6H3,(H2,28,29,30,31). The Hall–Kier alpha value is -3.02. The number of halogens is 2. The van der Waals surface area contributed by atoms with Crippen LogP contribution in [-0.2, 0) is 0 Å². The van der Waals surface area contributed by atoms with Crippen LogP contribution in [0, 0.1) is 11.6 Å². The molecule has 2 aromatic rings. The molecule has 0 aromatic heterocycles. The molecule has 0 spiro atoms. The van der Waals surface area contributed by atoms with Crippen molar-refractivity contribution in [3.8, 4) is 0 Å². The van der Waals surface area contributed by atoms with Crippen molar-refractivity contribution in [1.29, 1.82) is 0 Å². The number of nitrogens with one attached hydrogen (secondary N) is 2. The van der Waals surface area contributed by atoms with E-state index in [1.807, 2.05) is 34.6 Å². The predicted octanol–water partition coefficient (Wildman–Crippen LogP) is 5.58. The van der Waals surface area contributed by atoms with Gasteiger partial charge in [0.05, 0.1) is 6.04 Å². The van der Waals surface area contributed by atoms with Crippen molar-refractivity contribution in [2.24, 2.45) is 4.99 Å². The van der Waals surface area contributed by atoms with E-state index in [1.54, 1.807) is 12.1 Å². The van der Waals surface area contributed by atoms with Crippen LogP contribution in [0.25, 0.3) is 0 Å². The average Bonchev–Trinajstić information content (AvgIpc) is 2.66. The van der Waals surface area contributed by atoms with Gasteiger partial charge in [0.2, 0.25) is 0 Å². The smallest absolute Gasteiger partial charge is 0.257 e. The second-order valence-corrected chi connectivity index (χ2v) is 8.85. The third-order valence-corrected chi connectivity index (χ3v) is 4.63. The van der Waals surface area contributed by atoms with E-state index in [4.69, 9.17) is 4.99 Å². The second-order valence-electron chi connectivity index (χ2n) is 8.85. The lowest BCUT2D eigenvalue weighted by atomic mass is 9.87. The Bertz CT molecular complexity index is 929. The van der Waals surface area contributed by atoms with Crippen LogP contribution in [0.2, 0.25) is 0 Å². The summed E-state index contributed by atoms with van der Waals surface area (Å²) in [6.07, 6.45) is 0.642. The fourth-order valence-electron chi connectivity index (χ4n) is 3.16. The van der Waals surface area contributed by atoms with Gasteiger partial charge in [-0.3, -0.25) is 10.1 Å². The van der Waals surface area contributed by atoms with E-state index >= 15 is 0 Å². The van der Waals surface area contributed by atoms with Gasteiger partial charge in [-0.15, -0.1) is 0 Å². The van der Waals surface area contributed by atoms with E-state index in [1.165, 1.54) is 36.4 Å². The first-order chi connectivity index (χ1) is 14.4. The van der Waals surface area contributed by atoms with Crippen LogP contribution in [0.5, 0.6) is 0 Å². The molecule has 0 saturated heterocycles. The van der Waals surface area contributed by atoms with E-state index in [-0.39, 0.29) is 29.2 Å². The zero-order valence-electron chi connectivity index (χ0n) is 18.8. The Kier molecular flexibility index (Phi) is 8.08. The van der Waals surface area contributed by atoms with Gasteiger partial charge in [0.25, 0.3) is 5.91 Å². The molecule has 0 saturated carbocycles. The SMILES string of the molecule is C=C(C)C(CC(C)N=C(NC(=O)c1ccc(F)cc1)NC(C)(C)C)c1ccc(F)cc1. The van der Waals surface area contributed by atoms with Gasteiger partial charge in [-0.1, -0.05) is 24.3 Å². The Balaban J connectivity index is 2.22. The summed E-state index contributed by atoms with van der Waals surface area (Å²) in [5.41, 5.74) is 1.92. The number of benzene rings is 2. The minimum absolute atomic E-state index is 0.00281. The number of carbonyl (C=O) groups excluding carboxylic acids is 1. The minimum Gasteiger partial charge on any atom is -0.351 e. The highest BCUT2D eigenvalue weighted by molar-refractivity contribution is 6.05. The fraction of sp³-hybridized carbons (Fsp3) is 0.360. The summed E-state index contributed by atoms with van der Waals surface area (Å²) in [7, 11) is 0. The van der Waals surface area contributed by atoms with Crippen molar-refractivity contribution in [3.63, 3.8) is 0 Å². The molecule has 0 aliphatic rings. The summed E-state index contributed by atoms with van der Waals surface area (Å²) in [5.74, 6) is -0.719. The number of rotatable bonds is 6. The van der Waals surface area contributed by atoms with Crippen LogP contribution in [0.3, 0.4) is 0 Å². The van der Waals surface area contributed by atoms with Crippen LogP contribution >= 0.6 is 0 Å². The van der Waals surface area contributed by atoms with E-state index in [0.717, 1.165) is 11.1 Å². The number of hydrogen-bond acceptors (Lipinski definition) is 2. The zero-order chi connectivity index (χ0) is 23.2. The molecule has 4 nitrogen and oxygen atoms in total. The Labute approximate surface area is 183 Å². The lowest BCUT2D eigenvalue weighted by Gasteiger charge is -2.25. The normalized spacial score (nSPS) is 14.0. The summed E-state index contributed by atoms with van der Waals surface area (Å²) in [6, 6.07) is 11.6. The molecule has 2 atom stereocenters. The van der Waals surface area contributed by atoms with Gasteiger partial charge in [0, 0.05) is 17.0 Å². The monoisotopic (exact) mass is 427 g/mol. The van der Waals surface area contributed by atoms with Gasteiger partial charge >= 0.3 is 0 Å². The predicted molar refractivity (Wildman–Crippen MR) is 122 cm³/mol. The molecule has 0 fully saturated rings. The first-order valence-electron chi connectivity index (χ1n) is 10.3. The molecule has 1 amide bonds. The maximum absolute atomic E-state index is 13.3. The lowest BCUT2D eigenvalue weighted by Crippen LogP contribution is -2.49. The maximum Gasteiger partial charge on any atom is 0.257 e. The van der Waals surface area contributed by atoms with Crippen molar-refractivity contribution in [2.75, 3.05) is 0 Å².